The predicted octanol–water partition coefficient (Wildman–Crippen LogP) is 2.33. The summed E-state index contributed by atoms with van der Waals surface area (Å²) < 4.78 is 10.6. The largest absolute Gasteiger partial charge is 0.466 e. The first-order valence-electron chi connectivity index (χ1n) is 9.20. The highest BCUT2D eigenvalue weighted by Gasteiger charge is 2.43. The van der Waals surface area contributed by atoms with Gasteiger partial charge < -0.3 is 24.2 Å². The number of esters is 1. The number of guanidine groups is 1. The number of piperazine rings is 1. The number of amides is 1. The maximum Gasteiger partial charge on any atom is 0.410 e. The number of halogens is 1. The highest BCUT2D eigenvalue weighted by atomic mass is 79.9. The summed E-state index contributed by atoms with van der Waals surface area (Å²) in [5.41, 5.74) is -1.21. The van der Waals surface area contributed by atoms with E-state index in [9.17, 15) is 9.59 Å². The third kappa shape index (κ3) is 5.73. The molecule has 1 atom stereocenters. The molecule has 8 nitrogen and oxygen atoms in total. The molecular formula is C18H33BrN4O4. The molecule has 2 heterocycles. The van der Waals surface area contributed by atoms with Crippen LogP contribution in [0.4, 0.5) is 4.79 Å². The smallest absolute Gasteiger partial charge is 0.410 e. The number of hydrogen-bond donors (Lipinski definition) is 1. The van der Waals surface area contributed by atoms with E-state index in [0.717, 1.165) is 0 Å². The molecule has 0 bridgehead atoms. The molecule has 1 N–H and O–H groups in total. The lowest BCUT2D eigenvalue weighted by molar-refractivity contribution is -0.153. The number of carbonyl (C=O) groups is 2. The van der Waals surface area contributed by atoms with Crippen molar-refractivity contribution in [2.24, 2.45) is 5.41 Å². The minimum Gasteiger partial charge on any atom is -0.466 e. The van der Waals surface area contributed by atoms with Crippen LogP contribution in [0.15, 0.2) is 0 Å². The van der Waals surface area contributed by atoms with Gasteiger partial charge in [-0.1, -0.05) is 0 Å². The van der Waals surface area contributed by atoms with Crippen molar-refractivity contribution in [1.29, 1.82) is 5.41 Å². The van der Waals surface area contributed by atoms with Crippen molar-refractivity contribution in [3.8, 4) is 0 Å². The summed E-state index contributed by atoms with van der Waals surface area (Å²) in [7, 11) is 0. The van der Waals surface area contributed by atoms with E-state index in [1.165, 1.54) is 0 Å². The van der Waals surface area contributed by atoms with Crippen LogP contribution in [0.3, 0.4) is 0 Å². The van der Waals surface area contributed by atoms with Gasteiger partial charge in [0.25, 0.3) is 0 Å². The van der Waals surface area contributed by atoms with E-state index < -0.39 is 11.0 Å². The fraction of sp³-hybridized carbons (Fsp3) is 0.833. The molecule has 0 radical (unpaired) electrons. The molecule has 156 valence electrons. The molecule has 0 saturated carbocycles. The minimum absolute atomic E-state index is 0. The van der Waals surface area contributed by atoms with Gasteiger partial charge in [-0.05, 0) is 41.5 Å². The second kappa shape index (κ2) is 8.67. The third-order valence-corrected chi connectivity index (χ3v) is 4.55. The normalized spacial score (nSPS) is 20.1. The Kier molecular flexibility index (Phi) is 7.55. The van der Waals surface area contributed by atoms with Gasteiger partial charge in [0, 0.05) is 32.7 Å². The lowest BCUT2D eigenvalue weighted by atomic mass is 9.93. The molecule has 2 aliphatic rings. The van der Waals surface area contributed by atoms with E-state index >= 15 is 0 Å². The van der Waals surface area contributed by atoms with Crippen LogP contribution in [-0.4, -0.2) is 83.7 Å². The van der Waals surface area contributed by atoms with Gasteiger partial charge in [-0.25, -0.2) is 4.79 Å². The Balaban J connectivity index is 0.00000364. The zero-order chi connectivity index (χ0) is 19.7. The molecule has 0 aromatic heterocycles. The maximum atomic E-state index is 12.3. The Bertz CT molecular complexity index is 576. The molecule has 0 aromatic carbocycles. The Morgan fingerprint density at radius 3 is 2.33 bits per heavy atom. The molecule has 9 heteroatoms. The topological polar surface area (TPSA) is 86.2 Å². The summed E-state index contributed by atoms with van der Waals surface area (Å²) in [5.74, 6) is 0.157. The SMILES string of the molecule is Br.CCOC(=O)C(C)(C)CN1CC2CN(C(=O)OC(C)(C)C)CCN2C1=N. The van der Waals surface area contributed by atoms with E-state index in [0.29, 0.717) is 45.3 Å². The number of carbonyl (C=O) groups excluding carboxylic acids is 2. The van der Waals surface area contributed by atoms with Crippen molar-refractivity contribution in [3.05, 3.63) is 0 Å². The monoisotopic (exact) mass is 448 g/mol. The summed E-state index contributed by atoms with van der Waals surface area (Å²) in [6.45, 7) is 14.0. The summed E-state index contributed by atoms with van der Waals surface area (Å²) in [4.78, 5) is 30.1. The molecule has 2 fully saturated rings. The third-order valence-electron chi connectivity index (χ3n) is 4.55. The van der Waals surface area contributed by atoms with E-state index in [4.69, 9.17) is 14.9 Å². The molecule has 2 rings (SSSR count). The van der Waals surface area contributed by atoms with Crippen LogP contribution in [0.5, 0.6) is 0 Å². The van der Waals surface area contributed by atoms with Crippen LogP contribution in [0.2, 0.25) is 0 Å². The first kappa shape index (κ1) is 23.5. The second-order valence-corrected chi connectivity index (χ2v) is 8.58. The first-order chi connectivity index (χ1) is 11.9. The molecule has 1 amide bonds. The number of fused-ring (bicyclic) bond motifs is 1. The molecule has 0 aromatic rings. The van der Waals surface area contributed by atoms with Gasteiger partial charge in [0.2, 0.25) is 0 Å². The van der Waals surface area contributed by atoms with E-state index in [1.807, 2.05) is 44.4 Å². The molecule has 2 aliphatic heterocycles. The van der Waals surface area contributed by atoms with Crippen molar-refractivity contribution in [2.45, 2.75) is 53.2 Å². The summed E-state index contributed by atoms with van der Waals surface area (Å²) >= 11 is 0. The van der Waals surface area contributed by atoms with Crippen molar-refractivity contribution in [2.75, 3.05) is 39.3 Å². The Hall–Kier alpha value is -1.51. The zero-order valence-corrected chi connectivity index (χ0v) is 18.9. The summed E-state index contributed by atoms with van der Waals surface area (Å²) in [6, 6.07) is 0.0433. The lowest BCUT2D eigenvalue weighted by Gasteiger charge is -2.37. The number of ether oxygens (including phenoxy) is 2. The highest BCUT2D eigenvalue weighted by molar-refractivity contribution is 8.93. The average molecular weight is 449 g/mol. The van der Waals surface area contributed by atoms with Crippen LogP contribution >= 0.6 is 17.0 Å². The molecule has 0 spiro atoms. The zero-order valence-electron chi connectivity index (χ0n) is 17.2. The van der Waals surface area contributed by atoms with Crippen LogP contribution < -0.4 is 0 Å². The maximum absolute atomic E-state index is 12.3. The number of nitrogens with one attached hydrogen (secondary N) is 1. The van der Waals surface area contributed by atoms with Crippen LogP contribution in [0.1, 0.15) is 41.5 Å². The number of hydrogen-bond acceptors (Lipinski definition) is 5. The van der Waals surface area contributed by atoms with Gasteiger partial charge in [0.05, 0.1) is 18.1 Å². The highest BCUT2D eigenvalue weighted by Crippen LogP contribution is 2.26. The van der Waals surface area contributed by atoms with Crippen molar-refractivity contribution in [3.63, 3.8) is 0 Å². The van der Waals surface area contributed by atoms with Gasteiger partial charge in [0.1, 0.15) is 5.60 Å². The minimum atomic E-state index is -0.693. The van der Waals surface area contributed by atoms with Crippen molar-refractivity contribution >= 4 is 35.0 Å². The van der Waals surface area contributed by atoms with E-state index in [1.54, 1.807) is 11.8 Å². The first-order valence-corrected chi connectivity index (χ1v) is 9.20. The number of rotatable bonds is 4. The summed E-state index contributed by atoms with van der Waals surface area (Å²) in [5, 5.41) is 8.44. The molecule has 27 heavy (non-hydrogen) atoms. The van der Waals surface area contributed by atoms with Crippen LogP contribution in [0, 0.1) is 10.8 Å². The van der Waals surface area contributed by atoms with Crippen LogP contribution in [-0.2, 0) is 14.3 Å². The predicted molar refractivity (Wildman–Crippen MR) is 108 cm³/mol. The molecule has 2 saturated heterocycles. The van der Waals surface area contributed by atoms with Gasteiger partial charge in [-0.3, -0.25) is 10.2 Å². The van der Waals surface area contributed by atoms with Gasteiger partial charge in [-0.2, -0.15) is 0 Å². The quantitative estimate of drug-likeness (QED) is 0.664. The summed E-state index contributed by atoms with van der Waals surface area (Å²) in [6.07, 6.45) is -0.311. The van der Waals surface area contributed by atoms with Gasteiger partial charge >= 0.3 is 12.1 Å². The van der Waals surface area contributed by atoms with Crippen LogP contribution in [0.25, 0.3) is 0 Å². The Labute approximate surface area is 172 Å². The fourth-order valence-electron chi connectivity index (χ4n) is 3.31. The van der Waals surface area contributed by atoms with E-state index in [2.05, 4.69) is 0 Å². The standard InChI is InChI=1S/C18H32N4O4.BrH/c1-7-25-14(23)18(5,6)12-21-11-13-10-20(8-9-22(13)15(21)19)16(24)26-17(2,3)4;/h13,19H,7-12H2,1-6H3;1H. The van der Waals surface area contributed by atoms with Crippen molar-refractivity contribution < 1.29 is 19.1 Å². The molecular weight excluding hydrogens is 416 g/mol. The molecule has 1 unspecified atom stereocenters. The molecule has 0 aliphatic carbocycles. The Morgan fingerprint density at radius 2 is 1.78 bits per heavy atom. The number of nitrogens with zero attached hydrogens (tertiary/aromatic N) is 3. The second-order valence-electron chi connectivity index (χ2n) is 8.58. The van der Waals surface area contributed by atoms with Gasteiger partial charge in [0.15, 0.2) is 5.96 Å². The Morgan fingerprint density at radius 1 is 1.15 bits per heavy atom. The lowest BCUT2D eigenvalue weighted by Crippen LogP contribution is -2.54. The fourth-order valence-corrected chi connectivity index (χ4v) is 3.31. The average Bonchev–Trinajstić information content (AvgIpc) is 2.81. The van der Waals surface area contributed by atoms with Gasteiger partial charge in [-0.15, -0.1) is 17.0 Å². The van der Waals surface area contributed by atoms with E-state index in [-0.39, 0.29) is 35.1 Å². The van der Waals surface area contributed by atoms with Crippen molar-refractivity contribution in [1.82, 2.24) is 14.7 Å².